The second-order valence-corrected chi connectivity index (χ2v) is 2.98. The highest BCUT2D eigenvalue weighted by Crippen LogP contribution is 2.07. The Labute approximate surface area is 86.9 Å². The van der Waals surface area contributed by atoms with Crippen molar-refractivity contribution in [3.05, 3.63) is 45.6 Å². The molecule has 0 aliphatic carbocycles. The van der Waals surface area contributed by atoms with E-state index in [0.29, 0.717) is 18.0 Å². The smallest absolute Gasteiger partial charge is 0.0627 e. The van der Waals surface area contributed by atoms with Crippen molar-refractivity contribution in [2.45, 2.75) is 6.42 Å². The van der Waals surface area contributed by atoms with Crippen LogP contribution in [0.15, 0.2) is 29.5 Å². The Balaban J connectivity index is 2.43. The molecule has 1 heterocycles. The predicted molar refractivity (Wildman–Crippen MR) is 56.9 cm³/mol. The van der Waals surface area contributed by atoms with Crippen LogP contribution in [0.25, 0.3) is 16.5 Å². The number of hydrogen-bond donors (Lipinski definition) is 0. The van der Waals surface area contributed by atoms with Gasteiger partial charge in [0.05, 0.1) is 10.7 Å². The molecular weight excluding hydrogens is 200 g/mol. The summed E-state index contributed by atoms with van der Waals surface area (Å²) in [5, 5.41) is 4.03. The van der Waals surface area contributed by atoms with E-state index in [1.54, 1.807) is 12.3 Å². The third-order valence-corrected chi connectivity index (χ3v) is 1.72. The molecule has 5 heteroatoms. The summed E-state index contributed by atoms with van der Waals surface area (Å²) in [7, 11) is 0. The highest BCUT2D eigenvalue weighted by molar-refractivity contribution is 6.30. The van der Waals surface area contributed by atoms with Crippen molar-refractivity contribution in [3.8, 4) is 0 Å². The summed E-state index contributed by atoms with van der Waals surface area (Å²) in [5.41, 5.74) is 8.86. The maximum absolute atomic E-state index is 8.02. The van der Waals surface area contributed by atoms with Crippen LogP contribution in [0.2, 0.25) is 5.02 Å². The molecule has 4 nitrogen and oxygen atoms in total. The normalized spacial score (nSPS) is 10.1. The molecule has 14 heavy (non-hydrogen) atoms. The molecular formula is C9H9ClN4. The molecule has 0 fully saturated rings. The zero-order chi connectivity index (χ0) is 10.2. The van der Waals surface area contributed by atoms with E-state index in [0.717, 1.165) is 5.69 Å². The van der Waals surface area contributed by atoms with Crippen LogP contribution < -0.4 is 0 Å². The molecule has 1 aromatic rings. The van der Waals surface area contributed by atoms with Crippen molar-refractivity contribution < 1.29 is 0 Å². The van der Waals surface area contributed by atoms with E-state index in [4.69, 9.17) is 17.1 Å². The number of halogens is 1. The van der Waals surface area contributed by atoms with Crippen molar-refractivity contribution in [3.63, 3.8) is 0 Å². The van der Waals surface area contributed by atoms with Gasteiger partial charge in [-0.3, -0.25) is 4.98 Å². The molecule has 1 aromatic heterocycles. The summed E-state index contributed by atoms with van der Waals surface area (Å²) in [6.45, 7) is 0.473. The van der Waals surface area contributed by atoms with E-state index < -0.39 is 0 Å². The van der Waals surface area contributed by atoms with Crippen molar-refractivity contribution in [1.29, 1.82) is 0 Å². The number of aromatic nitrogens is 1. The number of hydrogen-bond acceptors (Lipinski definition) is 2. The van der Waals surface area contributed by atoms with Gasteiger partial charge < -0.3 is 0 Å². The van der Waals surface area contributed by atoms with E-state index in [1.807, 2.05) is 18.2 Å². The summed E-state index contributed by atoms with van der Waals surface area (Å²) < 4.78 is 0. The third kappa shape index (κ3) is 3.94. The Hall–Kier alpha value is -1.51. The zero-order valence-electron chi connectivity index (χ0n) is 7.47. The maximum atomic E-state index is 8.02. The second kappa shape index (κ2) is 6.02. The third-order valence-electron chi connectivity index (χ3n) is 1.50. The van der Waals surface area contributed by atoms with E-state index in [1.165, 1.54) is 0 Å². The van der Waals surface area contributed by atoms with Crippen LogP contribution in [0.4, 0.5) is 0 Å². The SMILES string of the molecule is [N-]=[N+]=NCCC=Cc1ccc(Cl)cn1. The molecule has 0 radical (unpaired) electrons. The summed E-state index contributed by atoms with van der Waals surface area (Å²) in [6.07, 6.45) is 6.08. The molecule has 0 atom stereocenters. The Morgan fingerprint density at radius 1 is 1.57 bits per heavy atom. The lowest BCUT2D eigenvalue weighted by atomic mass is 10.3. The fraction of sp³-hybridized carbons (Fsp3) is 0.222. The summed E-state index contributed by atoms with van der Waals surface area (Å²) in [5.74, 6) is 0. The second-order valence-electron chi connectivity index (χ2n) is 2.55. The van der Waals surface area contributed by atoms with Gasteiger partial charge in [0.1, 0.15) is 0 Å². The lowest BCUT2D eigenvalue weighted by molar-refractivity contribution is 0.995. The molecule has 0 saturated heterocycles. The van der Waals surface area contributed by atoms with Crippen LogP contribution in [0.5, 0.6) is 0 Å². The number of azide groups is 1. The number of rotatable bonds is 4. The molecule has 0 aliphatic heterocycles. The van der Waals surface area contributed by atoms with Gasteiger partial charge in [0.2, 0.25) is 0 Å². The van der Waals surface area contributed by atoms with Gasteiger partial charge >= 0.3 is 0 Å². The molecule has 0 amide bonds. The molecule has 0 aromatic carbocycles. The maximum Gasteiger partial charge on any atom is 0.0627 e. The van der Waals surface area contributed by atoms with Crippen LogP contribution >= 0.6 is 11.6 Å². The zero-order valence-corrected chi connectivity index (χ0v) is 8.22. The van der Waals surface area contributed by atoms with Crippen LogP contribution in [0, 0.1) is 0 Å². The minimum Gasteiger partial charge on any atom is -0.255 e. The number of pyridine rings is 1. The molecule has 0 spiro atoms. The van der Waals surface area contributed by atoms with Gasteiger partial charge in [-0.2, -0.15) is 0 Å². The van der Waals surface area contributed by atoms with Crippen molar-refractivity contribution in [2.75, 3.05) is 6.54 Å². The lowest BCUT2D eigenvalue weighted by Gasteiger charge is -1.91. The quantitative estimate of drug-likeness (QED) is 0.324. The van der Waals surface area contributed by atoms with Gasteiger partial charge in [0.25, 0.3) is 0 Å². The van der Waals surface area contributed by atoms with E-state index >= 15 is 0 Å². The molecule has 0 N–H and O–H groups in total. The fourth-order valence-corrected chi connectivity index (χ4v) is 0.979. The summed E-state index contributed by atoms with van der Waals surface area (Å²) in [6, 6.07) is 3.61. The standard InChI is InChI=1S/C9H9ClN4/c10-8-4-5-9(12-7-8)3-1-2-6-13-14-11/h1,3-5,7H,2,6H2. The Morgan fingerprint density at radius 3 is 3.07 bits per heavy atom. The highest BCUT2D eigenvalue weighted by Gasteiger charge is 1.88. The Morgan fingerprint density at radius 2 is 2.43 bits per heavy atom. The molecule has 72 valence electrons. The van der Waals surface area contributed by atoms with Crippen LogP contribution in [-0.4, -0.2) is 11.5 Å². The monoisotopic (exact) mass is 208 g/mol. The fourth-order valence-electron chi connectivity index (χ4n) is 0.867. The Kier molecular flexibility index (Phi) is 4.55. The van der Waals surface area contributed by atoms with Gasteiger partial charge in [-0.25, -0.2) is 0 Å². The van der Waals surface area contributed by atoms with Gasteiger partial charge in [-0.15, -0.1) is 0 Å². The Bertz CT molecular complexity index is 352. The van der Waals surface area contributed by atoms with Crippen LogP contribution in [0.3, 0.4) is 0 Å². The first kappa shape index (κ1) is 10.6. The first-order valence-corrected chi connectivity index (χ1v) is 4.49. The van der Waals surface area contributed by atoms with Gasteiger partial charge in [-0.1, -0.05) is 22.8 Å². The molecule has 0 unspecified atom stereocenters. The molecule has 1 rings (SSSR count). The van der Waals surface area contributed by atoms with E-state index in [2.05, 4.69) is 15.0 Å². The minimum absolute atomic E-state index is 0.473. The summed E-state index contributed by atoms with van der Waals surface area (Å²) in [4.78, 5) is 6.72. The number of nitrogens with zero attached hydrogens (tertiary/aromatic N) is 4. The lowest BCUT2D eigenvalue weighted by Crippen LogP contribution is -1.79. The topological polar surface area (TPSA) is 61.7 Å². The largest absolute Gasteiger partial charge is 0.255 e. The van der Waals surface area contributed by atoms with Crippen LogP contribution in [0.1, 0.15) is 12.1 Å². The van der Waals surface area contributed by atoms with Crippen molar-refractivity contribution >= 4 is 17.7 Å². The van der Waals surface area contributed by atoms with Gasteiger partial charge in [0.15, 0.2) is 0 Å². The molecule has 0 saturated carbocycles. The van der Waals surface area contributed by atoms with E-state index in [-0.39, 0.29) is 0 Å². The van der Waals surface area contributed by atoms with Crippen molar-refractivity contribution in [1.82, 2.24) is 4.98 Å². The average molecular weight is 209 g/mol. The first-order valence-electron chi connectivity index (χ1n) is 4.12. The summed E-state index contributed by atoms with van der Waals surface area (Å²) >= 11 is 5.67. The highest BCUT2D eigenvalue weighted by atomic mass is 35.5. The van der Waals surface area contributed by atoms with Crippen molar-refractivity contribution in [2.24, 2.45) is 5.11 Å². The van der Waals surface area contributed by atoms with Gasteiger partial charge in [-0.05, 0) is 30.2 Å². The molecule has 0 bridgehead atoms. The molecule has 0 aliphatic rings. The average Bonchev–Trinajstić information content (AvgIpc) is 2.21. The van der Waals surface area contributed by atoms with Crippen LogP contribution in [-0.2, 0) is 0 Å². The first-order chi connectivity index (χ1) is 6.83. The van der Waals surface area contributed by atoms with Gasteiger partial charge in [0, 0.05) is 17.7 Å². The minimum atomic E-state index is 0.473. The van der Waals surface area contributed by atoms with E-state index in [9.17, 15) is 0 Å². The predicted octanol–water partition coefficient (Wildman–Crippen LogP) is 3.45.